The second kappa shape index (κ2) is 5.38. The lowest BCUT2D eigenvalue weighted by Gasteiger charge is -2.44. The quantitative estimate of drug-likeness (QED) is 0.862. The number of rotatable bonds is 3. The predicted molar refractivity (Wildman–Crippen MR) is 84.9 cm³/mol. The van der Waals surface area contributed by atoms with Crippen LogP contribution in [0.25, 0.3) is 0 Å². The van der Waals surface area contributed by atoms with Crippen molar-refractivity contribution in [1.29, 1.82) is 0 Å². The smallest absolute Gasteiger partial charge is 0.0757 e. The van der Waals surface area contributed by atoms with Gasteiger partial charge >= 0.3 is 0 Å². The fraction of sp³-hybridized carbons (Fsp3) is 0.647. The molecule has 2 N–H and O–H groups in total. The van der Waals surface area contributed by atoms with E-state index in [1.54, 1.807) is 0 Å². The lowest BCUT2D eigenvalue weighted by Crippen LogP contribution is -2.54. The predicted octanol–water partition coefficient (Wildman–Crippen LogP) is 3.05. The number of hydrogen-bond donors (Lipinski definition) is 1. The number of nitrogen functional groups attached to an aromatic ring is 1. The highest BCUT2D eigenvalue weighted by Gasteiger charge is 2.34. The highest BCUT2D eigenvalue weighted by Crippen LogP contribution is 2.28. The van der Waals surface area contributed by atoms with Crippen LogP contribution in [0.5, 0.6) is 0 Å². The summed E-state index contributed by atoms with van der Waals surface area (Å²) in [7, 11) is 0. The van der Waals surface area contributed by atoms with E-state index < -0.39 is 0 Å². The Morgan fingerprint density at radius 3 is 2.45 bits per heavy atom. The molecule has 0 bridgehead atoms. The normalized spacial score (nSPS) is 23.8. The Morgan fingerprint density at radius 1 is 1.30 bits per heavy atom. The van der Waals surface area contributed by atoms with Gasteiger partial charge in [-0.15, -0.1) is 0 Å². The molecule has 112 valence electrons. The molecule has 2 rings (SSSR count). The Hall–Kier alpha value is -1.06. The molecule has 1 atom stereocenters. The molecular formula is C17H28N2O. The Balaban J connectivity index is 2.09. The van der Waals surface area contributed by atoms with E-state index in [1.165, 1.54) is 5.56 Å². The molecule has 0 radical (unpaired) electrons. The largest absolute Gasteiger partial charge is 0.399 e. The minimum atomic E-state index is -0.0607. The first-order chi connectivity index (χ1) is 9.18. The summed E-state index contributed by atoms with van der Waals surface area (Å²) < 4.78 is 5.98. The molecule has 0 saturated carbocycles. The fourth-order valence-corrected chi connectivity index (χ4v) is 3.29. The molecule has 1 unspecified atom stereocenters. The number of ether oxygens (including phenoxy) is 1. The van der Waals surface area contributed by atoms with Gasteiger partial charge in [0.25, 0.3) is 0 Å². The molecule has 0 amide bonds. The summed E-state index contributed by atoms with van der Waals surface area (Å²) in [6.07, 6.45) is 0.293. The number of anilines is 1. The number of nitrogens with zero attached hydrogens (tertiary/aromatic N) is 1. The van der Waals surface area contributed by atoms with Gasteiger partial charge in [0.05, 0.1) is 11.7 Å². The Bertz CT molecular complexity index is 451. The van der Waals surface area contributed by atoms with E-state index in [4.69, 9.17) is 10.5 Å². The van der Waals surface area contributed by atoms with E-state index in [1.807, 2.05) is 12.1 Å². The Labute approximate surface area is 123 Å². The zero-order valence-electron chi connectivity index (χ0n) is 13.4. The van der Waals surface area contributed by atoms with Gasteiger partial charge in [0, 0.05) is 30.7 Å². The van der Waals surface area contributed by atoms with Gasteiger partial charge < -0.3 is 10.5 Å². The van der Waals surface area contributed by atoms with Crippen molar-refractivity contribution in [1.82, 2.24) is 4.90 Å². The standard InChI is InChI=1S/C17H28N2O/c1-13-10-19(12-17(4,5)20-13)11-16(2,3)14-6-8-15(18)9-7-14/h6-9,13H,10-12,18H2,1-5H3. The maximum absolute atomic E-state index is 5.98. The zero-order valence-corrected chi connectivity index (χ0v) is 13.4. The maximum Gasteiger partial charge on any atom is 0.0757 e. The van der Waals surface area contributed by atoms with Crippen molar-refractivity contribution in [2.45, 2.75) is 51.7 Å². The van der Waals surface area contributed by atoms with Crippen molar-refractivity contribution >= 4 is 5.69 Å². The molecule has 0 aromatic heterocycles. The summed E-state index contributed by atoms with van der Waals surface area (Å²) in [5.74, 6) is 0. The van der Waals surface area contributed by atoms with Gasteiger partial charge in [-0.2, -0.15) is 0 Å². The molecule has 1 aromatic rings. The van der Waals surface area contributed by atoms with Gasteiger partial charge in [0.15, 0.2) is 0 Å². The van der Waals surface area contributed by atoms with Crippen molar-refractivity contribution in [3.8, 4) is 0 Å². The Kier molecular flexibility index (Phi) is 4.12. The summed E-state index contributed by atoms with van der Waals surface area (Å²) in [5, 5.41) is 0. The lowest BCUT2D eigenvalue weighted by atomic mass is 9.83. The van der Waals surface area contributed by atoms with Gasteiger partial charge in [-0.25, -0.2) is 0 Å². The van der Waals surface area contributed by atoms with Crippen LogP contribution < -0.4 is 5.73 Å². The molecule has 0 spiro atoms. The second-order valence-corrected chi connectivity index (χ2v) is 7.36. The van der Waals surface area contributed by atoms with Crippen LogP contribution in [-0.4, -0.2) is 36.2 Å². The zero-order chi connectivity index (χ0) is 15.0. The molecule has 1 fully saturated rings. The van der Waals surface area contributed by atoms with Crippen LogP contribution in [0.1, 0.15) is 40.2 Å². The molecule has 1 aliphatic heterocycles. The highest BCUT2D eigenvalue weighted by atomic mass is 16.5. The van der Waals surface area contributed by atoms with Crippen LogP contribution in [0, 0.1) is 0 Å². The SMILES string of the molecule is CC1CN(CC(C)(C)c2ccc(N)cc2)CC(C)(C)O1. The van der Waals surface area contributed by atoms with E-state index in [0.717, 1.165) is 25.3 Å². The molecular weight excluding hydrogens is 248 g/mol. The van der Waals surface area contributed by atoms with Crippen molar-refractivity contribution in [2.24, 2.45) is 0 Å². The summed E-state index contributed by atoms with van der Waals surface area (Å²) in [5.41, 5.74) is 7.99. The van der Waals surface area contributed by atoms with Gasteiger partial charge in [-0.05, 0) is 38.5 Å². The summed E-state index contributed by atoms with van der Waals surface area (Å²) in [6.45, 7) is 14.1. The maximum atomic E-state index is 5.98. The number of hydrogen-bond acceptors (Lipinski definition) is 3. The summed E-state index contributed by atoms with van der Waals surface area (Å²) in [6, 6.07) is 8.26. The van der Waals surface area contributed by atoms with Crippen LogP contribution in [0.2, 0.25) is 0 Å². The molecule has 20 heavy (non-hydrogen) atoms. The molecule has 1 aliphatic rings. The van der Waals surface area contributed by atoms with Crippen LogP contribution in [0.15, 0.2) is 24.3 Å². The van der Waals surface area contributed by atoms with E-state index in [9.17, 15) is 0 Å². The third-order valence-corrected chi connectivity index (χ3v) is 3.95. The molecule has 1 heterocycles. The molecule has 1 aromatic carbocycles. The van der Waals surface area contributed by atoms with Gasteiger partial charge in [-0.3, -0.25) is 4.90 Å². The van der Waals surface area contributed by atoms with Gasteiger partial charge in [-0.1, -0.05) is 26.0 Å². The van der Waals surface area contributed by atoms with Crippen molar-refractivity contribution in [3.05, 3.63) is 29.8 Å². The first-order valence-corrected chi connectivity index (χ1v) is 7.44. The minimum Gasteiger partial charge on any atom is -0.399 e. The average Bonchev–Trinajstić information content (AvgIpc) is 2.25. The van der Waals surface area contributed by atoms with E-state index >= 15 is 0 Å². The van der Waals surface area contributed by atoms with Crippen LogP contribution in [0.3, 0.4) is 0 Å². The van der Waals surface area contributed by atoms with Crippen molar-refractivity contribution in [3.63, 3.8) is 0 Å². The van der Waals surface area contributed by atoms with E-state index in [0.29, 0.717) is 6.10 Å². The molecule has 3 heteroatoms. The molecule has 1 saturated heterocycles. The summed E-state index contributed by atoms with van der Waals surface area (Å²) >= 11 is 0. The first kappa shape index (κ1) is 15.3. The third-order valence-electron chi connectivity index (χ3n) is 3.95. The van der Waals surface area contributed by atoms with Crippen molar-refractivity contribution < 1.29 is 4.74 Å². The van der Waals surface area contributed by atoms with Crippen LogP contribution in [-0.2, 0) is 10.2 Å². The Morgan fingerprint density at radius 2 is 1.90 bits per heavy atom. The molecule has 0 aliphatic carbocycles. The van der Waals surface area contributed by atoms with Crippen LogP contribution in [0.4, 0.5) is 5.69 Å². The average molecular weight is 276 g/mol. The van der Waals surface area contributed by atoms with Crippen molar-refractivity contribution in [2.75, 3.05) is 25.4 Å². The summed E-state index contributed by atoms with van der Waals surface area (Å²) in [4.78, 5) is 2.52. The monoisotopic (exact) mass is 276 g/mol. The van der Waals surface area contributed by atoms with Gasteiger partial charge in [0.2, 0.25) is 0 Å². The van der Waals surface area contributed by atoms with Crippen LogP contribution >= 0.6 is 0 Å². The number of morpholine rings is 1. The molecule has 3 nitrogen and oxygen atoms in total. The van der Waals surface area contributed by atoms with E-state index in [2.05, 4.69) is 51.7 Å². The fourth-order valence-electron chi connectivity index (χ4n) is 3.29. The van der Waals surface area contributed by atoms with E-state index in [-0.39, 0.29) is 11.0 Å². The second-order valence-electron chi connectivity index (χ2n) is 7.36. The lowest BCUT2D eigenvalue weighted by molar-refractivity contribution is -0.131. The first-order valence-electron chi connectivity index (χ1n) is 7.44. The topological polar surface area (TPSA) is 38.5 Å². The minimum absolute atomic E-state index is 0.0607. The number of nitrogens with two attached hydrogens (primary N) is 1. The number of benzene rings is 1. The third kappa shape index (κ3) is 3.74. The highest BCUT2D eigenvalue weighted by molar-refractivity contribution is 5.41. The van der Waals surface area contributed by atoms with Gasteiger partial charge in [0.1, 0.15) is 0 Å².